The van der Waals surface area contributed by atoms with Crippen LogP contribution in [0.5, 0.6) is 0 Å². The Balaban J connectivity index is 1.93. The third-order valence-electron chi connectivity index (χ3n) is 4.95. The normalized spacial score (nSPS) is 14.4. The lowest BCUT2D eigenvalue weighted by Gasteiger charge is -2.22. The van der Waals surface area contributed by atoms with Crippen molar-refractivity contribution in [3.63, 3.8) is 0 Å². The fourth-order valence-corrected chi connectivity index (χ4v) is 4.06. The number of esters is 1. The largest absolute Gasteiger partial charge is 0.447 e. The number of carbonyl (C=O) groups is 1. The zero-order chi connectivity index (χ0) is 20.4. The summed E-state index contributed by atoms with van der Waals surface area (Å²) in [7, 11) is 0. The van der Waals surface area contributed by atoms with E-state index in [1.807, 2.05) is 48.5 Å². The first-order chi connectivity index (χ1) is 14.1. The second-order valence-electron chi connectivity index (χ2n) is 6.73. The van der Waals surface area contributed by atoms with Crippen LogP contribution in [0.1, 0.15) is 40.0 Å². The monoisotopic (exact) mass is 422 g/mol. The predicted octanol–water partition coefficient (Wildman–Crippen LogP) is 6.10. The molecule has 0 saturated carbocycles. The van der Waals surface area contributed by atoms with E-state index in [1.54, 1.807) is 6.07 Å². The van der Waals surface area contributed by atoms with E-state index in [0.717, 1.165) is 40.6 Å². The lowest BCUT2D eigenvalue weighted by atomic mass is 9.86. The van der Waals surface area contributed by atoms with Crippen molar-refractivity contribution in [2.75, 3.05) is 6.61 Å². The molecule has 1 heterocycles. The molecule has 0 saturated heterocycles. The van der Waals surface area contributed by atoms with Crippen LogP contribution < -0.4 is 0 Å². The standard InChI is InChI=1S/C23H16Cl2N2O2/c24-18-9-4-5-14(21(18)25)13-15-6-3-8-17-20(23(28)29-12-11-26)16-7-1-2-10-19(16)27-22(15)17/h1-2,4-5,7,9-10,13H,3,6,8,12H2/b15-13-. The van der Waals surface area contributed by atoms with E-state index < -0.39 is 5.97 Å². The van der Waals surface area contributed by atoms with Gasteiger partial charge in [0.05, 0.1) is 26.8 Å². The summed E-state index contributed by atoms with van der Waals surface area (Å²) >= 11 is 12.5. The third-order valence-corrected chi connectivity index (χ3v) is 5.79. The molecule has 29 heavy (non-hydrogen) atoms. The van der Waals surface area contributed by atoms with Crippen LogP contribution in [0.25, 0.3) is 22.6 Å². The molecule has 0 fully saturated rings. The van der Waals surface area contributed by atoms with Crippen molar-refractivity contribution in [3.05, 3.63) is 74.9 Å². The van der Waals surface area contributed by atoms with Crippen LogP contribution in [0.2, 0.25) is 10.0 Å². The highest BCUT2D eigenvalue weighted by molar-refractivity contribution is 6.43. The number of carbonyl (C=O) groups excluding carboxylic acids is 1. The summed E-state index contributed by atoms with van der Waals surface area (Å²) in [5, 5.41) is 10.5. The number of fused-ring (bicyclic) bond motifs is 2. The number of hydrogen-bond donors (Lipinski definition) is 0. The Labute approximate surface area is 178 Å². The van der Waals surface area contributed by atoms with E-state index >= 15 is 0 Å². The molecule has 0 amide bonds. The Morgan fingerprint density at radius 3 is 2.83 bits per heavy atom. The highest BCUT2D eigenvalue weighted by Crippen LogP contribution is 2.37. The number of rotatable bonds is 3. The number of nitriles is 1. The highest BCUT2D eigenvalue weighted by Gasteiger charge is 2.26. The van der Waals surface area contributed by atoms with Crippen LogP contribution in [0.15, 0.2) is 42.5 Å². The molecule has 1 aromatic heterocycles. The molecule has 0 atom stereocenters. The number of aromatic nitrogens is 1. The highest BCUT2D eigenvalue weighted by atomic mass is 35.5. The maximum absolute atomic E-state index is 12.8. The van der Waals surface area contributed by atoms with Gasteiger partial charge in [0.2, 0.25) is 0 Å². The summed E-state index contributed by atoms with van der Waals surface area (Å²) in [6.07, 6.45) is 4.38. The van der Waals surface area contributed by atoms with Crippen LogP contribution in [0, 0.1) is 11.3 Å². The van der Waals surface area contributed by atoms with Crippen LogP contribution in [0.3, 0.4) is 0 Å². The molecule has 0 bridgehead atoms. The number of pyridine rings is 1. The summed E-state index contributed by atoms with van der Waals surface area (Å²) in [6, 6.07) is 14.8. The summed E-state index contributed by atoms with van der Waals surface area (Å²) in [5.41, 5.74) is 4.63. The van der Waals surface area contributed by atoms with Gasteiger partial charge in [-0.1, -0.05) is 53.5 Å². The molecule has 1 aliphatic rings. The van der Waals surface area contributed by atoms with E-state index in [0.29, 0.717) is 27.5 Å². The van der Waals surface area contributed by atoms with Gasteiger partial charge in [-0.25, -0.2) is 9.78 Å². The number of halogens is 2. The zero-order valence-corrected chi connectivity index (χ0v) is 16.9. The summed E-state index contributed by atoms with van der Waals surface area (Å²) in [6.45, 7) is -0.287. The molecule has 0 aliphatic heterocycles. The van der Waals surface area contributed by atoms with Gasteiger partial charge in [0.15, 0.2) is 6.61 Å². The van der Waals surface area contributed by atoms with Crippen molar-refractivity contribution >= 4 is 51.7 Å². The van der Waals surface area contributed by atoms with Crippen molar-refractivity contribution < 1.29 is 9.53 Å². The topological polar surface area (TPSA) is 63.0 Å². The number of ether oxygens (including phenoxy) is 1. The quantitative estimate of drug-likeness (QED) is 0.478. The van der Waals surface area contributed by atoms with Gasteiger partial charge >= 0.3 is 5.97 Å². The minimum Gasteiger partial charge on any atom is -0.447 e. The Hall–Kier alpha value is -2.87. The molecule has 0 radical (unpaired) electrons. The smallest absolute Gasteiger partial charge is 0.340 e. The van der Waals surface area contributed by atoms with Crippen LogP contribution in [-0.4, -0.2) is 17.6 Å². The van der Waals surface area contributed by atoms with Gasteiger partial charge < -0.3 is 4.74 Å². The molecule has 2 aromatic carbocycles. The minimum absolute atomic E-state index is 0.287. The average Bonchev–Trinajstić information content (AvgIpc) is 2.74. The lowest BCUT2D eigenvalue weighted by Crippen LogP contribution is -2.15. The van der Waals surface area contributed by atoms with Gasteiger partial charge in [-0.3, -0.25) is 0 Å². The number of para-hydroxylation sites is 1. The molecule has 144 valence electrons. The number of benzene rings is 2. The minimum atomic E-state index is -0.497. The fourth-order valence-electron chi connectivity index (χ4n) is 3.70. The van der Waals surface area contributed by atoms with Crippen LogP contribution >= 0.6 is 23.2 Å². The van der Waals surface area contributed by atoms with E-state index in [1.165, 1.54) is 0 Å². The van der Waals surface area contributed by atoms with Crippen LogP contribution in [0.4, 0.5) is 0 Å². The van der Waals surface area contributed by atoms with Gasteiger partial charge in [-0.05, 0) is 54.2 Å². The Morgan fingerprint density at radius 2 is 2.00 bits per heavy atom. The molecular weight excluding hydrogens is 407 g/mol. The van der Waals surface area contributed by atoms with E-state index in [-0.39, 0.29) is 6.61 Å². The first-order valence-corrected chi connectivity index (χ1v) is 9.96. The van der Waals surface area contributed by atoms with Crippen molar-refractivity contribution in [3.8, 4) is 6.07 Å². The van der Waals surface area contributed by atoms with Crippen molar-refractivity contribution in [2.24, 2.45) is 0 Å². The van der Waals surface area contributed by atoms with Gasteiger partial charge in [0.1, 0.15) is 6.07 Å². The molecule has 0 spiro atoms. The molecule has 1 aliphatic carbocycles. The molecule has 3 aromatic rings. The van der Waals surface area contributed by atoms with Gasteiger partial charge in [-0.2, -0.15) is 5.26 Å². The maximum Gasteiger partial charge on any atom is 0.340 e. The first kappa shape index (κ1) is 19.4. The van der Waals surface area contributed by atoms with E-state index in [2.05, 4.69) is 0 Å². The molecule has 4 nitrogen and oxygen atoms in total. The molecular formula is C23H16Cl2N2O2. The SMILES string of the molecule is N#CCOC(=O)c1c2c(nc3ccccc13)/C(=C\c1cccc(Cl)c1Cl)CCC2. The maximum atomic E-state index is 12.8. The molecule has 4 rings (SSSR count). The number of nitrogens with zero attached hydrogens (tertiary/aromatic N) is 2. The Bertz CT molecular complexity index is 1200. The second-order valence-corrected chi connectivity index (χ2v) is 7.52. The fraction of sp³-hybridized carbons (Fsp3) is 0.174. The van der Waals surface area contributed by atoms with Crippen LogP contribution in [-0.2, 0) is 11.2 Å². The molecule has 0 unspecified atom stereocenters. The summed E-state index contributed by atoms with van der Waals surface area (Å²) in [4.78, 5) is 17.6. The third kappa shape index (κ3) is 3.72. The van der Waals surface area contributed by atoms with Crippen molar-refractivity contribution in [1.82, 2.24) is 4.98 Å². The van der Waals surface area contributed by atoms with Gasteiger partial charge in [0.25, 0.3) is 0 Å². The second kappa shape index (κ2) is 8.24. The number of hydrogen-bond acceptors (Lipinski definition) is 4. The summed E-state index contributed by atoms with van der Waals surface area (Å²) < 4.78 is 5.15. The van der Waals surface area contributed by atoms with Crippen molar-refractivity contribution in [2.45, 2.75) is 19.3 Å². The Morgan fingerprint density at radius 1 is 1.17 bits per heavy atom. The average molecular weight is 423 g/mol. The summed E-state index contributed by atoms with van der Waals surface area (Å²) in [5.74, 6) is -0.497. The van der Waals surface area contributed by atoms with Gasteiger partial charge in [-0.15, -0.1) is 0 Å². The van der Waals surface area contributed by atoms with E-state index in [4.69, 9.17) is 38.2 Å². The predicted molar refractivity (Wildman–Crippen MR) is 115 cm³/mol. The first-order valence-electron chi connectivity index (χ1n) is 9.21. The molecule has 0 N–H and O–H groups in total. The lowest BCUT2D eigenvalue weighted by molar-refractivity contribution is 0.0556. The Kier molecular flexibility index (Phi) is 5.53. The molecule has 6 heteroatoms. The number of allylic oxidation sites excluding steroid dienone is 1. The zero-order valence-electron chi connectivity index (χ0n) is 15.4. The van der Waals surface area contributed by atoms with E-state index in [9.17, 15) is 4.79 Å². The van der Waals surface area contributed by atoms with Gasteiger partial charge in [0, 0.05) is 5.39 Å². The van der Waals surface area contributed by atoms with Crippen molar-refractivity contribution in [1.29, 1.82) is 5.26 Å².